The lowest BCUT2D eigenvalue weighted by Crippen LogP contribution is -2.37. The average molecular weight is 212 g/mol. The van der Waals surface area contributed by atoms with Crippen LogP contribution in [0.25, 0.3) is 0 Å². The number of ether oxygens (including phenoxy) is 1. The van der Waals surface area contributed by atoms with Gasteiger partial charge in [0.15, 0.2) is 0 Å². The number of para-hydroxylation sites is 1. The van der Waals surface area contributed by atoms with E-state index in [0.717, 1.165) is 17.7 Å². The van der Waals surface area contributed by atoms with Gasteiger partial charge < -0.3 is 10.5 Å². The average Bonchev–Trinajstić information content (AvgIpc) is 2.20. The van der Waals surface area contributed by atoms with E-state index in [1.165, 1.54) is 0 Å². The molecule has 0 aliphatic carbocycles. The Balaban J connectivity index is 2.55. The van der Waals surface area contributed by atoms with Crippen molar-refractivity contribution < 1.29 is 4.74 Å². The molecule has 0 spiro atoms. The fraction of sp³-hybridized carbons (Fsp3) is 0.455. The molecule has 0 saturated carbocycles. The third-order valence-corrected chi connectivity index (χ3v) is 3.27. The molecule has 0 saturated heterocycles. The van der Waals surface area contributed by atoms with Crippen molar-refractivity contribution in [1.82, 2.24) is 0 Å². The smallest absolute Gasteiger partial charge is 0.141 e. The minimum atomic E-state index is 0.0124. The van der Waals surface area contributed by atoms with E-state index in [1.54, 1.807) is 0 Å². The summed E-state index contributed by atoms with van der Waals surface area (Å²) in [5, 5.41) is 0.682. The number of nitrogens with two attached hydrogens (primary N) is 1. The van der Waals surface area contributed by atoms with Crippen molar-refractivity contribution in [3.63, 3.8) is 0 Å². The van der Waals surface area contributed by atoms with Crippen LogP contribution < -0.4 is 10.5 Å². The van der Waals surface area contributed by atoms with Gasteiger partial charge in [-0.15, -0.1) is 0 Å². The van der Waals surface area contributed by atoms with Gasteiger partial charge in [0, 0.05) is 17.5 Å². The molecule has 0 radical (unpaired) electrons. The van der Waals surface area contributed by atoms with Gasteiger partial charge in [0.1, 0.15) is 5.75 Å². The molecule has 1 heterocycles. The van der Waals surface area contributed by atoms with Crippen LogP contribution in [0.15, 0.2) is 18.2 Å². The van der Waals surface area contributed by atoms with Gasteiger partial charge in [0.25, 0.3) is 0 Å². The zero-order valence-corrected chi connectivity index (χ0v) is 8.97. The van der Waals surface area contributed by atoms with E-state index < -0.39 is 0 Å². The van der Waals surface area contributed by atoms with E-state index in [9.17, 15) is 0 Å². The highest BCUT2D eigenvalue weighted by atomic mass is 35.5. The second-order valence-electron chi connectivity index (χ2n) is 3.98. The quantitative estimate of drug-likeness (QED) is 0.774. The predicted molar refractivity (Wildman–Crippen MR) is 58.0 cm³/mol. The molecule has 0 fully saturated rings. The summed E-state index contributed by atoms with van der Waals surface area (Å²) in [4.78, 5) is 0. The lowest BCUT2D eigenvalue weighted by molar-refractivity contribution is 0.227. The summed E-state index contributed by atoms with van der Waals surface area (Å²) in [6, 6.07) is 5.85. The fourth-order valence-electron chi connectivity index (χ4n) is 1.86. The zero-order chi connectivity index (χ0) is 10.2. The molecule has 1 aliphatic heterocycles. The molecular formula is C11H14ClNO. The largest absolute Gasteiger partial charge is 0.492 e. The van der Waals surface area contributed by atoms with E-state index in [-0.39, 0.29) is 5.41 Å². The van der Waals surface area contributed by atoms with E-state index >= 15 is 0 Å². The number of hydrogen-bond donors (Lipinski definition) is 1. The summed E-state index contributed by atoms with van der Waals surface area (Å²) in [6.07, 6.45) is 0.955. The van der Waals surface area contributed by atoms with Crippen molar-refractivity contribution in [2.75, 3.05) is 13.2 Å². The summed E-state index contributed by atoms with van der Waals surface area (Å²) in [7, 11) is 0. The molecule has 1 unspecified atom stereocenters. The number of benzene rings is 1. The van der Waals surface area contributed by atoms with Crippen LogP contribution in [0.3, 0.4) is 0 Å². The zero-order valence-electron chi connectivity index (χ0n) is 8.22. The summed E-state index contributed by atoms with van der Waals surface area (Å²) in [5.74, 6) is 0.813. The Hall–Kier alpha value is -0.730. The molecule has 3 heteroatoms. The Kier molecular flexibility index (Phi) is 2.41. The monoisotopic (exact) mass is 211 g/mol. The topological polar surface area (TPSA) is 35.2 Å². The summed E-state index contributed by atoms with van der Waals surface area (Å²) < 4.78 is 5.56. The molecule has 1 atom stereocenters. The lowest BCUT2D eigenvalue weighted by atomic mass is 9.78. The first-order valence-corrected chi connectivity index (χ1v) is 5.17. The number of rotatable bonds is 1. The van der Waals surface area contributed by atoms with Gasteiger partial charge in [0.05, 0.1) is 11.6 Å². The van der Waals surface area contributed by atoms with Crippen molar-refractivity contribution in [2.24, 2.45) is 5.73 Å². The highest BCUT2D eigenvalue weighted by Gasteiger charge is 2.32. The van der Waals surface area contributed by atoms with E-state index in [0.29, 0.717) is 18.2 Å². The number of hydrogen-bond acceptors (Lipinski definition) is 2. The first-order chi connectivity index (χ1) is 6.67. The van der Waals surface area contributed by atoms with Crippen molar-refractivity contribution in [3.8, 4) is 5.75 Å². The Morgan fingerprint density at radius 3 is 3.07 bits per heavy atom. The van der Waals surface area contributed by atoms with Crippen molar-refractivity contribution in [1.29, 1.82) is 0 Å². The third kappa shape index (κ3) is 1.39. The minimum absolute atomic E-state index is 0.0124. The lowest BCUT2D eigenvalue weighted by Gasteiger charge is -2.35. The summed E-state index contributed by atoms with van der Waals surface area (Å²) >= 11 is 6.06. The van der Waals surface area contributed by atoms with Gasteiger partial charge in [-0.3, -0.25) is 0 Å². The SMILES string of the molecule is CC1(CN)CCOc2c(Cl)cccc21. The van der Waals surface area contributed by atoms with Crippen LogP contribution in [-0.2, 0) is 5.41 Å². The molecule has 2 N–H and O–H groups in total. The molecule has 2 rings (SSSR count). The molecule has 1 aromatic rings. The summed E-state index contributed by atoms with van der Waals surface area (Å²) in [5.41, 5.74) is 6.95. The molecule has 0 aromatic heterocycles. The van der Waals surface area contributed by atoms with Crippen LogP contribution in [-0.4, -0.2) is 13.2 Å². The van der Waals surface area contributed by atoms with Crippen LogP contribution >= 0.6 is 11.6 Å². The molecular weight excluding hydrogens is 198 g/mol. The van der Waals surface area contributed by atoms with E-state index in [1.807, 2.05) is 18.2 Å². The number of halogens is 1. The van der Waals surface area contributed by atoms with Crippen molar-refractivity contribution >= 4 is 11.6 Å². The Morgan fingerprint density at radius 1 is 1.57 bits per heavy atom. The minimum Gasteiger partial charge on any atom is -0.492 e. The highest BCUT2D eigenvalue weighted by Crippen LogP contribution is 2.41. The van der Waals surface area contributed by atoms with Crippen LogP contribution in [0.1, 0.15) is 18.9 Å². The van der Waals surface area contributed by atoms with E-state index in [2.05, 4.69) is 6.92 Å². The third-order valence-electron chi connectivity index (χ3n) is 2.97. The highest BCUT2D eigenvalue weighted by molar-refractivity contribution is 6.32. The first kappa shape index (κ1) is 9.81. The van der Waals surface area contributed by atoms with Crippen LogP contribution in [0.5, 0.6) is 5.75 Å². The molecule has 14 heavy (non-hydrogen) atoms. The molecule has 76 valence electrons. The van der Waals surface area contributed by atoms with Crippen LogP contribution in [0.2, 0.25) is 5.02 Å². The standard InChI is InChI=1S/C11H14ClNO/c1-11(7-13)5-6-14-10-8(11)3-2-4-9(10)12/h2-4H,5-7,13H2,1H3. The molecule has 0 bridgehead atoms. The van der Waals surface area contributed by atoms with Crippen molar-refractivity contribution in [3.05, 3.63) is 28.8 Å². The predicted octanol–water partition coefficient (Wildman–Crippen LogP) is 2.34. The second-order valence-corrected chi connectivity index (χ2v) is 4.39. The van der Waals surface area contributed by atoms with Crippen LogP contribution in [0, 0.1) is 0 Å². The van der Waals surface area contributed by atoms with Gasteiger partial charge in [-0.1, -0.05) is 30.7 Å². The van der Waals surface area contributed by atoms with Gasteiger partial charge >= 0.3 is 0 Å². The molecule has 1 aliphatic rings. The normalized spacial score (nSPS) is 25.4. The molecule has 2 nitrogen and oxygen atoms in total. The van der Waals surface area contributed by atoms with Gasteiger partial charge in [-0.05, 0) is 12.5 Å². The van der Waals surface area contributed by atoms with Crippen LogP contribution in [0.4, 0.5) is 0 Å². The van der Waals surface area contributed by atoms with Gasteiger partial charge in [0.2, 0.25) is 0 Å². The Bertz CT molecular complexity index is 353. The summed E-state index contributed by atoms with van der Waals surface area (Å²) in [6.45, 7) is 3.48. The Labute approximate surface area is 89.0 Å². The maximum atomic E-state index is 6.06. The Morgan fingerprint density at radius 2 is 2.36 bits per heavy atom. The second kappa shape index (κ2) is 3.44. The first-order valence-electron chi connectivity index (χ1n) is 4.79. The van der Waals surface area contributed by atoms with Gasteiger partial charge in [-0.25, -0.2) is 0 Å². The van der Waals surface area contributed by atoms with Crippen molar-refractivity contribution in [2.45, 2.75) is 18.8 Å². The molecule has 0 amide bonds. The van der Waals surface area contributed by atoms with Gasteiger partial charge in [-0.2, -0.15) is 0 Å². The van der Waals surface area contributed by atoms with E-state index in [4.69, 9.17) is 22.1 Å². The fourth-order valence-corrected chi connectivity index (χ4v) is 2.08. The number of fused-ring (bicyclic) bond motifs is 1. The maximum Gasteiger partial charge on any atom is 0.141 e. The maximum absolute atomic E-state index is 6.06. The molecule has 1 aromatic carbocycles.